The average Bonchev–Trinajstić information content (AvgIpc) is 3.03. The Labute approximate surface area is 144 Å². The molecule has 0 aliphatic carbocycles. The molecule has 8 heteroatoms. The molecule has 1 amide bonds. The van der Waals surface area contributed by atoms with Crippen molar-refractivity contribution in [3.05, 3.63) is 18.0 Å². The molecular formula is C16H28N4O3S. The van der Waals surface area contributed by atoms with Gasteiger partial charge in [0, 0.05) is 38.1 Å². The van der Waals surface area contributed by atoms with Crippen LogP contribution in [0, 0.1) is 12.8 Å². The number of aromatic nitrogens is 2. The van der Waals surface area contributed by atoms with Crippen molar-refractivity contribution in [2.24, 2.45) is 5.92 Å². The Kier molecular flexibility index (Phi) is 6.40. The zero-order chi connectivity index (χ0) is 17.7. The van der Waals surface area contributed by atoms with Crippen molar-refractivity contribution in [2.45, 2.75) is 39.3 Å². The lowest BCUT2D eigenvalue weighted by Crippen LogP contribution is -2.42. The summed E-state index contributed by atoms with van der Waals surface area (Å²) in [6.07, 6.45) is 6.92. The second kappa shape index (κ2) is 8.11. The van der Waals surface area contributed by atoms with E-state index >= 15 is 0 Å². The topological polar surface area (TPSA) is 84.3 Å². The van der Waals surface area contributed by atoms with Crippen LogP contribution in [0.1, 0.15) is 25.3 Å². The molecular weight excluding hydrogens is 328 g/mol. The first kappa shape index (κ1) is 18.9. The van der Waals surface area contributed by atoms with Gasteiger partial charge >= 0.3 is 0 Å². The maximum absolute atomic E-state index is 12.3. The molecule has 2 rings (SSSR count). The van der Waals surface area contributed by atoms with Crippen LogP contribution in [0.15, 0.2) is 12.4 Å². The van der Waals surface area contributed by atoms with Crippen LogP contribution in [0.25, 0.3) is 0 Å². The zero-order valence-electron chi connectivity index (χ0n) is 14.7. The molecule has 1 aromatic heterocycles. The van der Waals surface area contributed by atoms with E-state index in [1.807, 2.05) is 13.1 Å². The molecule has 1 aliphatic rings. The smallest absolute Gasteiger partial charge is 0.242 e. The third-order valence-corrected chi connectivity index (χ3v) is 5.29. The minimum Gasteiger partial charge on any atom is -0.350 e. The van der Waals surface area contributed by atoms with Crippen LogP contribution >= 0.6 is 0 Å². The quantitative estimate of drug-likeness (QED) is 0.731. The van der Waals surface area contributed by atoms with Crippen LogP contribution in [0.5, 0.6) is 0 Å². The summed E-state index contributed by atoms with van der Waals surface area (Å²) in [5.41, 5.74) is 1.03. The van der Waals surface area contributed by atoms with Gasteiger partial charge in [-0.1, -0.05) is 13.3 Å². The molecule has 136 valence electrons. The molecule has 0 saturated carbocycles. The van der Waals surface area contributed by atoms with Crippen LogP contribution in [0.2, 0.25) is 0 Å². The number of carbonyl (C=O) groups is 1. The summed E-state index contributed by atoms with van der Waals surface area (Å²) in [4.78, 5) is 14.4. The van der Waals surface area contributed by atoms with Gasteiger partial charge in [0.1, 0.15) is 16.4 Å². The number of nitrogens with zero attached hydrogens (tertiary/aromatic N) is 3. The van der Waals surface area contributed by atoms with Crippen molar-refractivity contribution in [3.8, 4) is 0 Å². The fourth-order valence-corrected chi connectivity index (χ4v) is 3.81. The van der Waals surface area contributed by atoms with Gasteiger partial charge in [-0.25, -0.2) is 8.42 Å². The van der Waals surface area contributed by atoms with E-state index in [1.54, 1.807) is 10.9 Å². The highest BCUT2D eigenvalue weighted by Gasteiger charge is 2.33. The van der Waals surface area contributed by atoms with E-state index in [2.05, 4.69) is 22.2 Å². The summed E-state index contributed by atoms with van der Waals surface area (Å²) in [6.45, 7) is 6.37. The molecule has 7 nitrogen and oxygen atoms in total. The van der Waals surface area contributed by atoms with Gasteiger partial charge in [-0.3, -0.25) is 14.4 Å². The molecule has 0 radical (unpaired) electrons. The summed E-state index contributed by atoms with van der Waals surface area (Å²) < 4.78 is 24.3. The van der Waals surface area contributed by atoms with Gasteiger partial charge in [-0.15, -0.1) is 0 Å². The molecule has 24 heavy (non-hydrogen) atoms. The Bertz CT molecular complexity index is 656. The van der Waals surface area contributed by atoms with E-state index in [-0.39, 0.29) is 24.2 Å². The van der Waals surface area contributed by atoms with Crippen LogP contribution in [0.4, 0.5) is 0 Å². The standard InChI is InChI=1S/C16H28N4O3S/c1-4-5-14-10-19(6-7-24(3,22)23)11-15(14)18-16(21)12-20-9-13(2)8-17-20/h8-9,14-15H,4-7,10-12H2,1-3H3,(H,18,21)/t14-,15-/m0/s1. The summed E-state index contributed by atoms with van der Waals surface area (Å²) in [6, 6.07) is 0.0775. The Morgan fingerprint density at radius 1 is 1.42 bits per heavy atom. The van der Waals surface area contributed by atoms with Crippen molar-refractivity contribution < 1.29 is 13.2 Å². The van der Waals surface area contributed by atoms with Crippen LogP contribution in [0.3, 0.4) is 0 Å². The van der Waals surface area contributed by atoms with Crippen molar-refractivity contribution in [2.75, 3.05) is 31.6 Å². The predicted molar refractivity (Wildman–Crippen MR) is 93.4 cm³/mol. The molecule has 0 spiro atoms. The second-order valence-corrected chi connectivity index (χ2v) is 9.09. The number of hydrogen-bond acceptors (Lipinski definition) is 5. The van der Waals surface area contributed by atoms with Crippen LogP contribution in [-0.4, -0.2) is 66.7 Å². The monoisotopic (exact) mass is 356 g/mol. The zero-order valence-corrected chi connectivity index (χ0v) is 15.6. The maximum atomic E-state index is 12.3. The highest BCUT2D eigenvalue weighted by Crippen LogP contribution is 2.21. The highest BCUT2D eigenvalue weighted by atomic mass is 32.2. The van der Waals surface area contributed by atoms with Crippen molar-refractivity contribution >= 4 is 15.7 Å². The van der Waals surface area contributed by atoms with Crippen LogP contribution in [-0.2, 0) is 21.2 Å². The lowest BCUT2D eigenvalue weighted by atomic mass is 9.98. The first-order valence-corrected chi connectivity index (χ1v) is 10.5. The Balaban J connectivity index is 1.89. The number of amides is 1. The van der Waals surface area contributed by atoms with Gasteiger partial charge in [-0.2, -0.15) is 5.10 Å². The molecule has 2 heterocycles. The minimum atomic E-state index is -2.96. The first-order valence-electron chi connectivity index (χ1n) is 8.45. The van der Waals surface area contributed by atoms with Crippen molar-refractivity contribution in [1.29, 1.82) is 0 Å². The van der Waals surface area contributed by atoms with E-state index in [1.165, 1.54) is 6.26 Å². The van der Waals surface area contributed by atoms with Gasteiger partial charge in [0.05, 0.1) is 11.9 Å². The number of hydrogen-bond donors (Lipinski definition) is 1. The third kappa shape index (κ3) is 5.90. The molecule has 1 fully saturated rings. The molecule has 0 bridgehead atoms. The molecule has 1 aromatic rings. The first-order chi connectivity index (χ1) is 11.3. The van der Waals surface area contributed by atoms with Crippen LogP contribution < -0.4 is 5.32 Å². The van der Waals surface area contributed by atoms with E-state index in [9.17, 15) is 13.2 Å². The van der Waals surface area contributed by atoms with Gasteiger partial charge < -0.3 is 5.32 Å². The van der Waals surface area contributed by atoms with Gasteiger partial charge in [0.2, 0.25) is 5.91 Å². The molecule has 2 atom stereocenters. The number of nitrogens with one attached hydrogen (secondary N) is 1. The number of sulfone groups is 1. The third-order valence-electron chi connectivity index (χ3n) is 4.37. The minimum absolute atomic E-state index is 0.0471. The highest BCUT2D eigenvalue weighted by molar-refractivity contribution is 7.90. The molecule has 1 aliphatic heterocycles. The molecule has 1 N–H and O–H groups in total. The summed E-state index contributed by atoms with van der Waals surface area (Å²) in [5.74, 6) is 0.492. The lowest BCUT2D eigenvalue weighted by Gasteiger charge is -2.19. The lowest BCUT2D eigenvalue weighted by molar-refractivity contribution is -0.122. The van der Waals surface area contributed by atoms with E-state index in [4.69, 9.17) is 0 Å². The Morgan fingerprint density at radius 2 is 2.17 bits per heavy atom. The second-order valence-electron chi connectivity index (χ2n) is 6.83. The Morgan fingerprint density at radius 3 is 2.75 bits per heavy atom. The summed E-state index contributed by atoms with van der Waals surface area (Å²) in [5, 5.41) is 7.24. The average molecular weight is 356 g/mol. The number of aryl methyl sites for hydroxylation is 1. The van der Waals surface area contributed by atoms with E-state index in [0.29, 0.717) is 19.0 Å². The van der Waals surface area contributed by atoms with Crippen molar-refractivity contribution in [3.63, 3.8) is 0 Å². The Hall–Kier alpha value is -1.41. The summed E-state index contributed by atoms with van der Waals surface area (Å²) in [7, 11) is -2.96. The molecule has 0 aromatic carbocycles. The molecule has 0 unspecified atom stereocenters. The van der Waals surface area contributed by atoms with E-state index in [0.717, 1.165) is 24.9 Å². The van der Waals surface area contributed by atoms with Crippen molar-refractivity contribution in [1.82, 2.24) is 20.0 Å². The van der Waals surface area contributed by atoms with Gasteiger partial charge in [0.25, 0.3) is 0 Å². The van der Waals surface area contributed by atoms with E-state index < -0.39 is 9.84 Å². The fourth-order valence-electron chi connectivity index (χ4n) is 3.22. The number of rotatable bonds is 8. The normalized spacial score (nSPS) is 22.0. The fraction of sp³-hybridized carbons (Fsp3) is 0.750. The van der Waals surface area contributed by atoms with Gasteiger partial charge in [-0.05, 0) is 24.8 Å². The SMILES string of the molecule is CCC[C@H]1CN(CCS(C)(=O)=O)C[C@@H]1NC(=O)Cn1cc(C)cn1. The molecule has 1 saturated heterocycles. The predicted octanol–water partition coefficient (Wildman–Crippen LogP) is 0.453. The summed E-state index contributed by atoms with van der Waals surface area (Å²) >= 11 is 0. The number of carbonyl (C=O) groups excluding carboxylic acids is 1. The maximum Gasteiger partial charge on any atom is 0.242 e. The van der Waals surface area contributed by atoms with Gasteiger partial charge in [0.15, 0.2) is 0 Å². The number of likely N-dealkylation sites (tertiary alicyclic amines) is 1. The largest absolute Gasteiger partial charge is 0.350 e.